The Morgan fingerprint density at radius 3 is 2.59 bits per heavy atom. The molecule has 2 aromatic rings. The molecule has 0 amide bonds. The highest BCUT2D eigenvalue weighted by Crippen LogP contribution is 2.25. The van der Waals surface area contributed by atoms with Crippen LogP contribution < -0.4 is 15.5 Å². The second-order valence-corrected chi connectivity index (χ2v) is 8.33. The highest BCUT2D eigenvalue weighted by atomic mass is 32.1. The molecule has 0 spiro atoms. The molecule has 0 saturated carbocycles. The summed E-state index contributed by atoms with van der Waals surface area (Å²) in [5.74, 6) is 0.785. The predicted molar refractivity (Wildman–Crippen MR) is 121 cm³/mol. The lowest BCUT2D eigenvalue weighted by molar-refractivity contribution is 0.447. The standard InChI is InChI=1S/C23H31N3S/c1-16-7-8-18(3)22(14-16)25-23(27)24-19(4)20-9-11-21(12-10-20)26-13-5-6-17(2)15-26/h7-12,14,17,19H,5-6,13,15H2,1-4H3,(H2,24,25,27)/t17-,19+/m1/s1. The average Bonchev–Trinajstić information content (AvgIpc) is 2.65. The average molecular weight is 382 g/mol. The molecule has 1 heterocycles. The first-order valence-corrected chi connectivity index (χ1v) is 10.3. The molecule has 27 heavy (non-hydrogen) atoms. The van der Waals surface area contributed by atoms with Gasteiger partial charge in [-0.2, -0.15) is 0 Å². The molecule has 0 bridgehead atoms. The van der Waals surface area contributed by atoms with Crippen molar-refractivity contribution in [1.82, 2.24) is 5.32 Å². The zero-order valence-electron chi connectivity index (χ0n) is 16.9. The van der Waals surface area contributed by atoms with Gasteiger partial charge in [0.15, 0.2) is 5.11 Å². The molecule has 3 rings (SSSR count). The van der Waals surface area contributed by atoms with Crippen LogP contribution in [0.3, 0.4) is 0 Å². The fourth-order valence-corrected chi connectivity index (χ4v) is 3.99. The minimum Gasteiger partial charge on any atom is -0.371 e. The van der Waals surface area contributed by atoms with Crippen molar-refractivity contribution in [1.29, 1.82) is 0 Å². The molecule has 0 aliphatic carbocycles. The van der Waals surface area contributed by atoms with E-state index in [2.05, 4.69) is 85.7 Å². The first kappa shape index (κ1) is 19.7. The van der Waals surface area contributed by atoms with Gasteiger partial charge in [-0.15, -0.1) is 0 Å². The summed E-state index contributed by atoms with van der Waals surface area (Å²) in [4.78, 5) is 2.50. The lowest BCUT2D eigenvalue weighted by atomic mass is 9.99. The molecule has 3 nitrogen and oxygen atoms in total. The van der Waals surface area contributed by atoms with Crippen molar-refractivity contribution in [3.8, 4) is 0 Å². The number of hydrogen-bond donors (Lipinski definition) is 2. The van der Waals surface area contributed by atoms with Gasteiger partial charge in [0.2, 0.25) is 0 Å². The van der Waals surface area contributed by atoms with Gasteiger partial charge in [-0.1, -0.05) is 31.2 Å². The second kappa shape index (κ2) is 8.75. The summed E-state index contributed by atoms with van der Waals surface area (Å²) in [6, 6.07) is 15.4. The summed E-state index contributed by atoms with van der Waals surface area (Å²) < 4.78 is 0. The summed E-state index contributed by atoms with van der Waals surface area (Å²) in [5.41, 5.74) is 6.05. The maximum atomic E-state index is 5.53. The monoisotopic (exact) mass is 381 g/mol. The molecule has 1 aliphatic heterocycles. The topological polar surface area (TPSA) is 27.3 Å². The first-order valence-electron chi connectivity index (χ1n) is 9.92. The number of thiocarbonyl (C=S) groups is 1. The second-order valence-electron chi connectivity index (χ2n) is 7.92. The molecule has 1 aliphatic rings. The summed E-state index contributed by atoms with van der Waals surface area (Å²) in [5, 5.41) is 7.39. The van der Waals surface area contributed by atoms with Crippen molar-refractivity contribution in [2.45, 2.75) is 46.6 Å². The molecular formula is C23H31N3S. The minimum absolute atomic E-state index is 0.157. The molecule has 4 heteroatoms. The molecule has 144 valence electrons. The van der Waals surface area contributed by atoms with Gasteiger partial charge in [0.1, 0.15) is 0 Å². The van der Waals surface area contributed by atoms with Gasteiger partial charge >= 0.3 is 0 Å². The molecular weight excluding hydrogens is 350 g/mol. The minimum atomic E-state index is 0.157. The smallest absolute Gasteiger partial charge is 0.171 e. The first-order chi connectivity index (χ1) is 12.9. The van der Waals surface area contributed by atoms with Crippen molar-refractivity contribution in [3.05, 3.63) is 59.2 Å². The van der Waals surface area contributed by atoms with Crippen LogP contribution in [-0.4, -0.2) is 18.2 Å². The summed E-state index contributed by atoms with van der Waals surface area (Å²) in [7, 11) is 0. The number of aryl methyl sites for hydroxylation is 2. The summed E-state index contributed by atoms with van der Waals surface area (Å²) in [6.45, 7) is 11.0. The van der Waals surface area contributed by atoms with E-state index in [0.717, 1.165) is 18.2 Å². The Kier molecular flexibility index (Phi) is 6.38. The molecule has 1 fully saturated rings. The van der Waals surface area contributed by atoms with Crippen LogP contribution >= 0.6 is 12.2 Å². The lowest BCUT2D eigenvalue weighted by Crippen LogP contribution is -2.34. The number of piperidine rings is 1. The fourth-order valence-electron chi connectivity index (χ4n) is 3.71. The van der Waals surface area contributed by atoms with Crippen molar-refractivity contribution in [2.24, 2.45) is 5.92 Å². The lowest BCUT2D eigenvalue weighted by Gasteiger charge is -2.33. The van der Waals surface area contributed by atoms with Crippen LogP contribution in [0, 0.1) is 19.8 Å². The van der Waals surface area contributed by atoms with Crippen LogP contribution in [0.25, 0.3) is 0 Å². The normalized spacial score (nSPS) is 18.1. The van der Waals surface area contributed by atoms with Crippen LogP contribution in [-0.2, 0) is 0 Å². The Hall–Kier alpha value is -2.07. The van der Waals surface area contributed by atoms with E-state index in [0.29, 0.717) is 5.11 Å². The number of nitrogens with one attached hydrogen (secondary N) is 2. The van der Waals surface area contributed by atoms with Gasteiger partial charge in [-0.05, 0) is 86.6 Å². The van der Waals surface area contributed by atoms with E-state index in [9.17, 15) is 0 Å². The van der Waals surface area contributed by atoms with Crippen molar-refractivity contribution in [2.75, 3.05) is 23.3 Å². The number of hydrogen-bond acceptors (Lipinski definition) is 2. The maximum Gasteiger partial charge on any atom is 0.171 e. The van der Waals surface area contributed by atoms with E-state index in [-0.39, 0.29) is 6.04 Å². The van der Waals surface area contributed by atoms with Gasteiger partial charge in [-0.25, -0.2) is 0 Å². The van der Waals surface area contributed by atoms with Gasteiger partial charge in [-0.3, -0.25) is 0 Å². The molecule has 2 atom stereocenters. The third-order valence-corrected chi connectivity index (χ3v) is 5.62. The predicted octanol–water partition coefficient (Wildman–Crippen LogP) is 5.59. The van der Waals surface area contributed by atoms with E-state index in [1.54, 1.807) is 0 Å². The van der Waals surface area contributed by atoms with Crippen molar-refractivity contribution in [3.63, 3.8) is 0 Å². The Labute approximate surface area is 169 Å². The third-order valence-electron chi connectivity index (χ3n) is 5.40. The van der Waals surface area contributed by atoms with E-state index in [4.69, 9.17) is 12.2 Å². The maximum absolute atomic E-state index is 5.53. The van der Waals surface area contributed by atoms with Crippen LogP contribution in [0.2, 0.25) is 0 Å². The fraction of sp³-hybridized carbons (Fsp3) is 0.435. The Balaban J connectivity index is 1.59. The SMILES string of the molecule is Cc1ccc(C)c(NC(=S)N[C@@H](C)c2ccc(N3CCC[C@@H](C)C3)cc2)c1. The van der Waals surface area contributed by atoms with E-state index in [1.807, 2.05) is 0 Å². The number of nitrogens with zero attached hydrogens (tertiary/aromatic N) is 1. The summed E-state index contributed by atoms with van der Waals surface area (Å²) in [6.07, 6.45) is 2.64. The van der Waals surface area contributed by atoms with Crippen LogP contribution in [0.4, 0.5) is 11.4 Å². The van der Waals surface area contributed by atoms with Crippen molar-refractivity contribution >= 4 is 28.7 Å². The quantitative estimate of drug-likeness (QED) is 0.675. The van der Waals surface area contributed by atoms with Crippen LogP contribution in [0.5, 0.6) is 0 Å². The Morgan fingerprint density at radius 2 is 1.89 bits per heavy atom. The van der Waals surface area contributed by atoms with Gasteiger partial charge in [0.25, 0.3) is 0 Å². The van der Waals surface area contributed by atoms with E-state index < -0.39 is 0 Å². The highest BCUT2D eigenvalue weighted by Gasteiger charge is 2.17. The molecule has 0 radical (unpaired) electrons. The summed E-state index contributed by atoms with van der Waals surface area (Å²) >= 11 is 5.53. The number of anilines is 2. The number of benzene rings is 2. The molecule has 0 unspecified atom stereocenters. The zero-order valence-corrected chi connectivity index (χ0v) is 17.7. The number of rotatable bonds is 4. The molecule has 2 aromatic carbocycles. The third kappa shape index (κ3) is 5.23. The Morgan fingerprint density at radius 1 is 1.15 bits per heavy atom. The van der Waals surface area contributed by atoms with Crippen LogP contribution in [0.15, 0.2) is 42.5 Å². The van der Waals surface area contributed by atoms with Gasteiger partial charge < -0.3 is 15.5 Å². The van der Waals surface area contributed by atoms with E-state index in [1.165, 1.54) is 41.8 Å². The molecule has 0 aromatic heterocycles. The highest BCUT2D eigenvalue weighted by molar-refractivity contribution is 7.80. The largest absolute Gasteiger partial charge is 0.371 e. The van der Waals surface area contributed by atoms with E-state index >= 15 is 0 Å². The molecule has 1 saturated heterocycles. The Bertz CT molecular complexity index is 785. The van der Waals surface area contributed by atoms with Gasteiger partial charge in [0.05, 0.1) is 6.04 Å². The molecule has 2 N–H and O–H groups in total. The zero-order chi connectivity index (χ0) is 19.4. The van der Waals surface area contributed by atoms with Crippen molar-refractivity contribution < 1.29 is 0 Å². The van der Waals surface area contributed by atoms with Crippen LogP contribution in [0.1, 0.15) is 49.4 Å². The van der Waals surface area contributed by atoms with Gasteiger partial charge in [0, 0.05) is 24.5 Å².